The van der Waals surface area contributed by atoms with E-state index < -0.39 is 0 Å². The summed E-state index contributed by atoms with van der Waals surface area (Å²) in [5.41, 5.74) is 2.68. The van der Waals surface area contributed by atoms with Gasteiger partial charge < -0.3 is 14.4 Å². The Morgan fingerprint density at radius 1 is 1.19 bits per heavy atom. The highest BCUT2D eigenvalue weighted by Gasteiger charge is 2.42. The molecule has 1 aliphatic heterocycles. The number of amides is 1. The largest absolute Gasteiger partial charge is 0.494 e. The van der Waals surface area contributed by atoms with E-state index in [2.05, 4.69) is 11.2 Å². The first-order valence-electron chi connectivity index (χ1n) is 10.3. The molecule has 1 aliphatic carbocycles. The minimum absolute atomic E-state index is 0.222. The van der Waals surface area contributed by atoms with Crippen LogP contribution in [-0.4, -0.2) is 33.3 Å². The summed E-state index contributed by atoms with van der Waals surface area (Å²) in [6, 6.07) is 11.4. The van der Waals surface area contributed by atoms with E-state index >= 15 is 0 Å². The molecule has 0 saturated heterocycles. The molecule has 2 heterocycles. The van der Waals surface area contributed by atoms with Crippen molar-refractivity contribution in [3.8, 4) is 23.3 Å². The maximum absolute atomic E-state index is 13.6. The van der Waals surface area contributed by atoms with Gasteiger partial charge in [-0.05, 0) is 56.2 Å². The molecular formula is C24H21FN4O3. The Kier molecular flexibility index (Phi) is 4.63. The van der Waals surface area contributed by atoms with Crippen molar-refractivity contribution >= 4 is 5.91 Å². The Hall–Kier alpha value is -3.86. The van der Waals surface area contributed by atoms with Gasteiger partial charge in [0.2, 0.25) is 0 Å². The number of aromatic nitrogens is 2. The number of carbonyl (C=O) groups is 1. The van der Waals surface area contributed by atoms with Crippen LogP contribution in [0.15, 0.2) is 42.6 Å². The Bertz CT molecular complexity index is 1230. The van der Waals surface area contributed by atoms with Crippen molar-refractivity contribution in [2.45, 2.75) is 38.5 Å². The van der Waals surface area contributed by atoms with Crippen LogP contribution in [0.25, 0.3) is 5.69 Å². The average Bonchev–Trinajstić information content (AvgIpc) is 3.19. The van der Waals surface area contributed by atoms with Gasteiger partial charge in [-0.1, -0.05) is 0 Å². The third-order valence-corrected chi connectivity index (χ3v) is 5.93. The zero-order valence-electron chi connectivity index (χ0n) is 17.8. The lowest BCUT2D eigenvalue weighted by Crippen LogP contribution is -2.28. The van der Waals surface area contributed by atoms with E-state index in [1.165, 1.54) is 19.2 Å². The number of rotatable bonds is 5. The maximum Gasteiger partial charge on any atom is 0.262 e. The molecule has 162 valence electrons. The molecule has 1 fully saturated rings. The van der Waals surface area contributed by atoms with Crippen LogP contribution in [0.1, 0.15) is 46.9 Å². The molecule has 8 heteroatoms. The number of hydrogen-bond acceptors (Lipinski definition) is 5. The Balaban J connectivity index is 1.44. The zero-order chi connectivity index (χ0) is 22.5. The number of hydrogen-bond donors (Lipinski definition) is 0. The summed E-state index contributed by atoms with van der Waals surface area (Å²) in [5, 5.41) is 14.1. The predicted molar refractivity (Wildman–Crippen MR) is 113 cm³/mol. The van der Waals surface area contributed by atoms with Crippen molar-refractivity contribution in [1.82, 2.24) is 14.7 Å². The third-order valence-electron chi connectivity index (χ3n) is 5.93. The van der Waals surface area contributed by atoms with Gasteiger partial charge in [-0.3, -0.25) is 4.79 Å². The summed E-state index contributed by atoms with van der Waals surface area (Å²) in [4.78, 5) is 15.2. The van der Waals surface area contributed by atoms with E-state index in [-0.39, 0.29) is 34.2 Å². The van der Waals surface area contributed by atoms with Gasteiger partial charge in [-0.15, -0.1) is 0 Å². The highest BCUT2D eigenvalue weighted by atomic mass is 19.1. The van der Waals surface area contributed by atoms with Gasteiger partial charge in [-0.2, -0.15) is 10.4 Å². The van der Waals surface area contributed by atoms with Crippen molar-refractivity contribution < 1.29 is 18.7 Å². The molecule has 1 aromatic heterocycles. The van der Waals surface area contributed by atoms with Crippen LogP contribution < -0.4 is 9.47 Å². The van der Waals surface area contributed by atoms with Gasteiger partial charge in [0.25, 0.3) is 5.91 Å². The first-order chi connectivity index (χ1) is 15.4. The molecule has 3 aromatic rings. The average molecular weight is 432 g/mol. The lowest BCUT2D eigenvalue weighted by atomic mass is 10.1. The fraction of sp³-hybridized carbons (Fsp3) is 0.292. The van der Waals surface area contributed by atoms with Gasteiger partial charge in [-0.25, -0.2) is 9.07 Å². The highest BCUT2D eigenvalue weighted by molar-refractivity contribution is 6.00. The number of ether oxygens (including phenoxy) is 2. The minimum atomic E-state index is -0.308. The lowest BCUT2D eigenvalue weighted by Gasteiger charge is -2.22. The number of methoxy groups -OCH3 is 1. The molecule has 0 spiro atoms. The molecule has 0 radical (unpaired) electrons. The molecule has 2 aromatic carbocycles. The second-order valence-corrected chi connectivity index (χ2v) is 8.37. The molecule has 0 bridgehead atoms. The van der Waals surface area contributed by atoms with Crippen molar-refractivity contribution in [2.24, 2.45) is 0 Å². The van der Waals surface area contributed by atoms with E-state index in [0.29, 0.717) is 18.8 Å². The molecule has 0 unspecified atom stereocenters. The molecule has 0 atom stereocenters. The molecular weight excluding hydrogens is 411 g/mol. The standard InChI is InChI=1S/C24H21FN4O3/c1-24(9-10-24)32-20-8-3-15(11-26)22(31-2)21(20)23(30)28-12-16-13-29(27-19(16)14-28)18-6-4-17(25)5-7-18/h3-8,13H,9-10,12,14H2,1-2H3. The van der Waals surface area contributed by atoms with E-state index in [9.17, 15) is 14.4 Å². The summed E-state index contributed by atoms with van der Waals surface area (Å²) in [6.45, 7) is 2.68. The van der Waals surface area contributed by atoms with Gasteiger partial charge in [0.05, 0.1) is 30.6 Å². The van der Waals surface area contributed by atoms with Crippen LogP contribution in [-0.2, 0) is 13.1 Å². The van der Waals surface area contributed by atoms with E-state index in [0.717, 1.165) is 29.8 Å². The number of benzene rings is 2. The van der Waals surface area contributed by atoms with E-state index in [4.69, 9.17) is 9.47 Å². The van der Waals surface area contributed by atoms with E-state index in [1.54, 1.807) is 33.8 Å². The quantitative estimate of drug-likeness (QED) is 0.609. The van der Waals surface area contributed by atoms with Crippen LogP contribution in [0.4, 0.5) is 4.39 Å². The second kappa shape index (κ2) is 7.38. The van der Waals surface area contributed by atoms with Crippen molar-refractivity contribution in [2.75, 3.05) is 7.11 Å². The highest BCUT2D eigenvalue weighted by Crippen LogP contribution is 2.43. The van der Waals surface area contributed by atoms with Gasteiger partial charge in [0.15, 0.2) is 5.75 Å². The molecule has 0 N–H and O–H groups in total. The Morgan fingerprint density at radius 2 is 1.94 bits per heavy atom. The van der Waals surface area contributed by atoms with Crippen molar-refractivity contribution in [3.05, 3.63) is 70.8 Å². The zero-order valence-corrected chi connectivity index (χ0v) is 17.8. The second-order valence-electron chi connectivity index (χ2n) is 8.37. The third kappa shape index (κ3) is 3.46. The van der Waals surface area contributed by atoms with Crippen molar-refractivity contribution in [3.63, 3.8) is 0 Å². The molecule has 1 saturated carbocycles. The minimum Gasteiger partial charge on any atom is -0.494 e. The molecule has 5 rings (SSSR count). The van der Waals surface area contributed by atoms with Gasteiger partial charge >= 0.3 is 0 Å². The summed E-state index contributed by atoms with van der Waals surface area (Å²) >= 11 is 0. The first kappa shape index (κ1) is 20.1. The van der Waals surface area contributed by atoms with E-state index in [1.807, 2.05) is 13.1 Å². The molecule has 7 nitrogen and oxygen atoms in total. The summed E-state index contributed by atoms with van der Waals surface area (Å²) in [7, 11) is 1.45. The van der Waals surface area contributed by atoms with Crippen LogP contribution in [0.5, 0.6) is 11.5 Å². The lowest BCUT2D eigenvalue weighted by molar-refractivity contribution is 0.0737. The Morgan fingerprint density at radius 3 is 2.56 bits per heavy atom. The number of fused-ring (bicyclic) bond motifs is 1. The smallest absolute Gasteiger partial charge is 0.262 e. The summed E-state index contributed by atoms with van der Waals surface area (Å²) < 4.78 is 26.5. The van der Waals surface area contributed by atoms with Gasteiger partial charge in [0.1, 0.15) is 28.8 Å². The van der Waals surface area contributed by atoms with Crippen LogP contribution in [0, 0.1) is 17.1 Å². The molecule has 1 amide bonds. The monoisotopic (exact) mass is 432 g/mol. The molecule has 2 aliphatic rings. The topological polar surface area (TPSA) is 80.4 Å². The number of halogens is 1. The number of nitrogens with zero attached hydrogens (tertiary/aromatic N) is 4. The fourth-order valence-corrected chi connectivity index (χ4v) is 3.88. The van der Waals surface area contributed by atoms with Crippen LogP contribution in [0.2, 0.25) is 0 Å². The number of nitriles is 1. The van der Waals surface area contributed by atoms with Crippen molar-refractivity contribution in [1.29, 1.82) is 5.26 Å². The summed E-state index contributed by atoms with van der Waals surface area (Å²) in [5.74, 6) is 0.0633. The number of carbonyl (C=O) groups excluding carboxylic acids is 1. The van der Waals surface area contributed by atoms with Gasteiger partial charge in [0, 0.05) is 18.3 Å². The first-order valence-corrected chi connectivity index (χ1v) is 10.3. The van der Waals surface area contributed by atoms with Crippen LogP contribution >= 0.6 is 0 Å². The SMILES string of the molecule is COc1c(C#N)ccc(OC2(C)CC2)c1C(=O)N1Cc2cn(-c3ccc(F)cc3)nc2C1. The predicted octanol–water partition coefficient (Wildman–Crippen LogP) is 3.98. The normalized spacial score (nSPS) is 15.8. The maximum atomic E-state index is 13.6. The summed E-state index contributed by atoms with van der Waals surface area (Å²) in [6.07, 6.45) is 3.67. The fourth-order valence-electron chi connectivity index (χ4n) is 3.88. The Labute approximate surface area is 184 Å². The van der Waals surface area contributed by atoms with Crippen LogP contribution in [0.3, 0.4) is 0 Å². The molecule has 32 heavy (non-hydrogen) atoms.